The van der Waals surface area contributed by atoms with Gasteiger partial charge in [0.25, 0.3) is 5.91 Å². The average molecular weight is 632 g/mol. The minimum Gasteiger partial charge on any atom is -0.342 e. The van der Waals surface area contributed by atoms with E-state index in [1.54, 1.807) is 16.7 Å². The van der Waals surface area contributed by atoms with Crippen molar-refractivity contribution in [1.82, 2.24) is 20.1 Å². The summed E-state index contributed by atoms with van der Waals surface area (Å²) in [6.45, 7) is 1.84. The van der Waals surface area contributed by atoms with E-state index < -0.39 is 0 Å². The maximum Gasteiger partial charge on any atom is 0.253 e. The Kier molecular flexibility index (Phi) is 8.31. The standard InChI is InChI=1S/C20H18Br3N5O2S/c1-11(24-19(30)13-5-3-4-6-14(13)22)18-26-27-20(28(18)2)31-10-17(29)25-16-9-12(21)7-8-15(16)23/h3-9,11H,10H2,1-2H3,(H,24,30)(H,25,29)/t11-/m0/s1. The number of nitrogens with one attached hydrogen (secondary N) is 2. The summed E-state index contributed by atoms with van der Waals surface area (Å²) in [5, 5.41) is 14.7. The van der Waals surface area contributed by atoms with E-state index in [-0.39, 0.29) is 23.6 Å². The summed E-state index contributed by atoms with van der Waals surface area (Å²) in [5.74, 6) is 0.389. The van der Waals surface area contributed by atoms with Crippen LogP contribution in [0.5, 0.6) is 0 Å². The predicted octanol–water partition coefficient (Wildman–Crippen LogP) is 5.32. The summed E-state index contributed by atoms with van der Waals surface area (Å²) in [7, 11) is 1.81. The van der Waals surface area contributed by atoms with Crippen LogP contribution in [-0.2, 0) is 11.8 Å². The number of benzene rings is 2. The molecule has 0 aliphatic carbocycles. The molecular formula is C20H18Br3N5O2S. The third-order valence-corrected chi connectivity index (χ3v) is 7.15. The molecular weight excluding hydrogens is 614 g/mol. The molecule has 11 heteroatoms. The van der Waals surface area contributed by atoms with E-state index in [0.29, 0.717) is 22.2 Å². The number of carbonyl (C=O) groups excluding carboxylic acids is 2. The molecule has 0 fully saturated rings. The van der Waals surface area contributed by atoms with Crippen molar-refractivity contribution in [2.24, 2.45) is 7.05 Å². The zero-order chi connectivity index (χ0) is 22.5. The van der Waals surface area contributed by atoms with Crippen molar-refractivity contribution in [3.8, 4) is 0 Å². The van der Waals surface area contributed by atoms with E-state index in [0.717, 1.165) is 13.4 Å². The molecule has 0 saturated heterocycles. The number of aromatic nitrogens is 3. The lowest BCUT2D eigenvalue weighted by Crippen LogP contribution is -2.28. The molecule has 1 heterocycles. The van der Waals surface area contributed by atoms with Crippen molar-refractivity contribution >= 4 is 77.1 Å². The summed E-state index contributed by atoms with van der Waals surface area (Å²) in [5.41, 5.74) is 1.23. The van der Waals surface area contributed by atoms with E-state index in [1.165, 1.54) is 11.8 Å². The van der Waals surface area contributed by atoms with Crippen LogP contribution in [-0.4, -0.2) is 32.3 Å². The van der Waals surface area contributed by atoms with Crippen LogP contribution < -0.4 is 10.6 Å². The number of halogens is 3. The molecule has 0 radical (unpaired) electrons. The largest absolute Gasteiger partial charge is 0.342 e. The van der Waals surface area contributed by atoms with Crippen LogP contribution >= 0.6 is 59.6 Å². The van der Waals surface area contributed by atoms with Gasteiger partial charge in [-0.25, -0.2) is 0 Å². The van der Waals surface area contributed by atoms with Crippen LogP contribution in [0, 0.1) is 0 Å². The van der Waals surface area contributed by atoms with Crippen LogP contribution in [0.25, 0.3) is 0 Å². The summed E-state index contributed by atoms with van der Waals surface area (Å²) in [6.07, 6.45) is 0. The lowest BCUT2D eigenvalue weighted by molar-refractivity contribution is -0.113. The Morgan fingerprint density at radius 3 is 2.58 bits per heavy atom. The van der Waals surface area contributed by atoms with Crippen molar-refractivity contribution in [2.45, 2.75) is 18.1 Å². The number of rotatable bonds is 7. The second-order valence-corrected chi connectivity index (χ2v) is 10.1. The third kappa shape index (κ3) is 6.18. The Morgan fingerprint density at radius 2 is 1.84 bits per heavy atom. The van der Waals surface area contributed by atoms with Crippen molar-refractivity contribution in [1.29, 1.82) is 0 Å². The van der Waals surface area contributed by atoms with Gasteiger partial charge >= 0.3 is 0 Å². The number of carbonyl (C=O) groups is 2. The van der Waals surface area contributed by atoms with E-state index >= 15 is 0 Å². The molecule has 1 atom stereocenters. The van der Waals surface area contributed by atoms with Gasteiger partial charge in [0.2, 0.25) is 5.91 Å². The van der Waals surface area contributed by atoms with Gasteiger partial charge in [-0.1, -0.05) is 39.8 Å². The van der Waals surface area contributed by atoms with E-state index in [4.69, 9.17) is 0 Å². The molecule has 0 saturated carbocycles. The molecule has 162 valence electrons. The summed E-state index contributed by atoms with van der Waals surface area (Å²) in [4.78, 5) is 24.9. The van der Waals surface area contributed by atoms with Crippen molar-refractivity contribution in [2.75, 3.05) is 11.1 Å². The maximum absolute atomic E-state index is 12.5. The second-order valence-electron chi connectivity index (χ2n) is 6.54. The Labute approximate surface area is 209 Å². The number of amides is 2. The van der Waals surface area contributed by atoms with Gasteiger partial charge in [-0.2, -0.15) is 0 Å². The van der Waals surface area contributed by atoms with Gasteiger partial charge in [0.05, 0.1) is 23.0 Å². The topological polar surface area (TPSA) is 88.9 Å². The molecule has 0 unspecified atom stereocenters. The number of hydrogen-bond donors (Lipinski definition) is 2. The first kappa shape index (κ1) is 24.0. The summed E-state index contributed by atoms with van der Waals surface area (Å²) >= 11 is 11.5. The van der Waals surface area contributed by atoms with Crippen LogP contribution in [0.3, 0.4) is 0 Å². The first-order valence-electron chi connectivity index (χ1n) is 9.08. The van der Waals surface area contributed by atoms with Gasteiger partial charge in [0.1, 0.15) is 0 Å². The summed E-state index contributed by atoms with van der Waals surface area (Å²) < 4.78 is 4.16. The number of anilines is 1. The van der Waals surface area contributed by atoms with Gasteiger partial charge in [0.15, 0.2) is 11.0 Å². The van der Waals surface area contributed by atoms with E-state index in [9.17, 15) is 9.59 Å². The molecule has 0 aliphatic heterocycles. The fourth-order valence-electron chi connectivity index (χ4n) is 2.72. The molecule has 2 aromatic carbocycles. The molecule has 0 spiro atoms. The minimum absolute atomic E-state index is 0.163. The Morgan fingerprint density at radius 1 is 1.10 bits per heavy atom. The average Bonchev–Trinajstić information content (AvgIpc) is 3.10. The lowest BCUT2D eigenvalue weighted by Gasteiger charge is -2.14. The number of nitrogens with zero attached hydrogens (tertiary/aromatic N) is 3. The van der Waals surface area contributed by atoms with Crippen molar-refractivity contribution in [3.05, 3.63) is 67.3 Å². The Balaban J connectivity index is 1.60. The second kappa shape index (κ2) is 10.8. The van der Waals surface area contributed by atoms with E-state index in [1.807, 2.05) is 44.3 Å². The fourth-order valence-corrected chi connectivity index (χ4v) is 4.61. The molecule has 31 heavy (non-hydrogen) atoms. The first-order valence-corrected chi connectivity index (χ1v) is 12.4. The molecule has 1 aromatic heterocycles. The van der Waals surface area contributed by atoms with Gasteiger partial charge in [-0.3, -0.25) is 9.59 Å². The highest BCUT2D eigenvalue weighted by atomic mass is 79.9. The smallest absolute Gasteiger partial charge is 0.253 e. The van der Waals surface area contributed by atoms with Crippen molar-refractivity contribution in [3.63, 3.8) is 0 Å². The van der Waals surface area contributed by atoms with Crippen LogP contribution in [0.2, 0.25) is 0 Å². The molecule has 0 bridgehead atoms. The minimum atomic E-state index is -0.363. The highest BCUT2D eigenvalue weighted by Crippen LogP contribution is 2.27. The molecule has 0 aliphatic rings. The predicted molar refractivity (Wildman–Crippen MR) is 132 cm³/mol. The monoisotopic (exact) mass is 629 g/mol. The highest BCUT2D eigenvalue weighted by molar-refractivity contribution is 9.11. The SMILES string of the molecule is C[C@H](NC(=O)c1ccccc1Br)c1nnc(SCC(=O)Nc2cc(Br)ccc2Br)n1C. The number of hydrogen-bond acceptors (Lipinski definition) is 5. The van der Waals surface area contributed by atoms with Crippen LogP contribution in [0.4, 0.5) is 5.69 Å². The van der Waals surface area contributed by atoms with E-state index in [2.05, 4.69) is 68.6 Å². The number of thioether (sulfide) groups is 1. The Bertz CT molecular complexity index is 1120. The molecule has 2 N–H and O–H groups in total. The maximum atomic E-state index is 12.5. The fraction of sp³-hybridized carbons (Fsp3) is 0.200. The molecule has 3 rings (SSSR count). The molecule has 3 aromatic rings. The summed E-state index contributed by atoms with van der Waals surface area (Å²) in [6, 6.07) is 12.4. The van der Waals surface area contributed by atoms with Crippen LogP contribution in [0.15, 0.2) is 61.0 Å². The van der Waals surface area contributed by atoms with Crippen LogP contribution in [0.1, 0.15) is 29.1 Å². The first-order chi connectivity index (χ1) is 14.8. The van der Waals surface area contributed by atoms with Gasteiger partial charge in [0, 0.05) is 20.5 Å². The van der Waals surface area contributed by atoms with Crippen molar-refractivity contribution < 1.29 is 9.59 Å². The van der Waals surface area contributed by atoms with Gasteiger partial charge in [-0.15, -0.1) is 10.2 Å². The molecule has 7 nitrogen and oxygen atoms in total. The zero-order valence-electron chi connectivity index (χ0n) is 16.5. The highest BCUT2D eigenvalue weighted by Gasteiger charge is 2.20. The Hall–Kier alpha value is -1.69. The lowest BCUT2D eigenvalue weighted by atomic mass is 10.2. The third-order valence-electron chi connectivity index (χ3n) is 4.26. The molecule has 2 amide bonds. The van der Waals surface area contributed by atoms with Gasteiger partial charge < -0.3 is 15.2 Å². The van der Waals surface area contributed by atoms with Gasteiger partial charge in [-0.05, 0) is 69.1 Å². The normalized spacial score (nSPS) is 11.8. The zero-order valence-corrected chi connectivity index (χ0v) is 22.1. The quantitative estimate of drug-likeness (QED) is 0.345.